The molecule has 1 aromatic rings. The van der Waals surface area contributed by atoms with Gasteiger partial charge in [-0.05, 0) is 13.0 Å². The summed E-state index contributed by atoms with van der Waals surface area (Å²) < 4.78 is 8.88. The van der Waals surface area contributed by atoms with Crippen LogP contribution in [0, 0.1) is 0 Å². The minimum atomic E-state index is -4.64. The second-order valence-corrected chi connectivity index (χ2v) is 3.50. The number of hydrogen-bond donors (Lipinski definition) is 5. The van der Waals surface area contributed by atoms with E-state index in [1.807, 2.05) is 6.92 Å². The van der Waals surface area contributed by atoms with Gasteiger partial charge >= 0.3 is 7.82 Å². The van der Waals surface area contributed by atoms with E-state index in [0.717, 1.165) is 0 Å². The highest BCUT2D eigenvalue weighted by Crippen LogP contribution is 2.25. The van der Waals surface area contributed by atoms with Crippen molar-refractivity contribution in [2.75, 3.05) is 6.54 Å². The molecule has 0 bridgehead atoms. The molecule has 0 aliphatic carbocycles. The van der Waals surface area contributed by atoms with Gasteiger partial charge in [-0.15, -0.1) is 0 Å². The smallest absolute Gasteiger partial charge is 0.367 e. The molecule has 0 aromatic carbocycles. The third-order valence-electron chi connectivity index (χ3n) is 1.20. The van der Waals surface area contributed by atoms with Gasteiger partial charge in [-0.1, -0.05) is 0 Å². The number of H-pyrrole nitrogens is 1. The van der Waals surface area contributed by atoms with Crippen LogP contribution in [0.4, 0.5) is 0 Å². The molecule has 5 N–H and O–H groups in total. The summed E-state index contributed by atoms with van der Waals surface area (Å²) in [6, 6.07) is 1.74. The van der Waals surface area contributed by atoms with Crippen molar-refractivity contribution in [3.8, 4) is 0 Å². The molecule has 1 rings (SSSR count). The first-order valence-electron chi connectivity index (χ1n) is 4.04. The fourth-order valence-corrected chi connectivity index (χ4v) is 0.728. The Bertz CT molecular complexity index is 323. The lowest BCUT2D eigenvalue weighted by Gasteiger charge is -1.96. The van der Waals surface area contributed by atoms with Crippen LogP contribution >= 0.6 is 7.82 Å². The molecule has 1 amide bonds. The monoisotopic (exact) mass is 236 g/mol. The van der Waals surface area contributed by atoms with Crippen molar-refractivity contribution in [3.05, 3.63) is 24.0 Å². The quantitative estimate of drug-likeness (QED) is 0.456. The molecule has 7 nitrogen and oxygen atoms in total. The maximum absolute atomic E-state index is 11.0. The van der Waals surface area contributed by atoms with Crippen LogP contribution in [-0.2, 0) is 4.57 Å². The van der Waals surface area contributed by atoms with Gasteiger partial charge < -0.3 is 25.0 Å². The summed E-state index contributed by atoms with van der Waals surface area (Å²) in [4.78, 5) is 35.3. The molecule has 0 aliphatic rings. The molecule has 0 atom stereocenters. The van der Waals surface area contributed by atoms with Crippen molar-refractivity contribution >= 4 is 13.7 Å². The van der Waals surface area contributed by atoms with Crippen LogP contribution in [0.2, 0.25) is 0 Å². The summed E-state index contributed by atoms with van der Waals surface area (Å²) >= 11 is 0. The second-order valence-electron chi connectivity index (χ2n) is 2.47. The molecule has 1 heterocycles. The molecule has 0 unspecified atom stereocenters. The second kappa shape index (κ2) is 6.36. The van der Waals surface area contributed by atoms with Gasteiger partial charge in [-0.2, -0.15) is 0 Å². The van der Waals surface area contributed by atoms with E-state index in [2.05, 4.69) is 10.3 Å². The fraction of sp³-hybridized carbons (Fsp3) is 0.286. The number of aromatic nitrogens is 1. The molecule has 1 aromatic heterocycles. The zero-order valence-corrected chi connectivity index (χ0v) is 8.94. The number of carbonyl (C=O) groups is 1. The van der Waals surface area contributed by atoms with Gasteiger partial charge in [0, 0.05) is 18.9 Å². The average Bonchev–Trinajstić information content (AvgIpc) is 2.52. The maximum Gasteiger partial charge on any atom is 0.466 e. The first-order valence-corrected chi connectivity index (χ1v) is 5.60. The Morgan fingerprint density at radius 3 is 2.40 bits per heavy atom. The fourth-order valence-electron chi connectivity index (χ4n) is 0.728. The van der Waals surface area contributed by atoms with Gasteiger partial charge in [-0.3, -0.25) is 4.79 Å². The Kier molecular flexibility index (Phi) is 5.88. The standard InChI is InChI=1S/C7H10N2O.H3O4P/c1-2-9-7(10)6-3-4-8-5-6;1-5(2,3)4/h3-5,8H,2H2,1H3,(H,9,10);(H3,1,2,3,4). The van der Waals surface area contributed by atoms with E-state index in [-0.39, 0.29) is 5.91 Å². The number of amides is 1. The van der Waals surface area contributed by atoms with Gasteiger partial charge in [0.2, 0.25) is 0 Å². The van der Waals surface area contributed by atoms with Crippen molar-refractivity contribution in [1.29, 1.82) is 0 Å². The summed E-state index contributed by atoms with van der Waals surface area (Å²) in [5.74, 6) is -0.0243. The molecular formula is C7H13N2O5P. The normalized spacial score (nSPS) is 10.1. The third-order valence-corrected chi connectivity index (χ3v) is 1.20. The topological polar surface area (TPSA) is 123 Å². The predicted octanol–water partition coefficient (Wildman–Crippen LogP) is -0.164. The molecule has 0 aliphatic heterocycles. The summed E-state index contributed by atoms with van der Waals surface area (Å²) in [6.07, 6.45) is 3.40. The lowest BCUT2D eigenvalue weighted by molar-refractivity contribution is 0.0956. The van der Waals surface area contributed by atoms with E-state index in [0.29, 0.717) is 12.1 Å². The minimum Gasteiger partial charge on any atom is -0.367 e. The summed E-state index contributed by atoms with van der Waals surface area (Å²) in [7, 11) is -4.64. The highest BCUT2D eigenvalue weighted by molar-refractivity contribution is 7.45. The number of aromatic amines is 1. The highest BCUT2D eigenvalue weighted by atomic mass is 31.2. The largest absolute Gasteiger partial charge is 0.466 e. The van der Waals surface area contributed by atoms with Gasteiger partial charge in [0.1, 0.15) is 0 Å². The van der Waals surface area contributed by atoms with Gasteiger partial charge in [0.05, 0.1) is 5.56 Å². The van der Waals surface area contributed by atoms with E-state index in [1.165, 1.54) is 0 Å². The number of carbonyl (C=O) groups excluding carboxylic acids is 1. The average molecular weight is 236 g/mol. The lowest BCUT2D eigenvalue weighted by atomic mass is 10.3. The van der Waals surface area contributed by atoms with Crippen molar-refractivity contribution < 1.29 is 24.0 Å². The number of nitrogens with one attached hydrogen (secondary N) is 2. The van der Waals surface area contributed by atoms with Crippen LogP contribution in [0.15, 0.2) is 18.5 Å². The van der Waals surface area contributed by atoms with E-state index in [1.54, 1.807) is 18.5 Å². The van der Waals surface area contributed by atoms with Crippen LogP contribution in [0.3, 0.4) is 0 Å². The summed E-state index contributed by atoms with van der Waals surface area (Å²) in [6.45, 7) is 2.56. The Morgan fingerprint density at radius 1 is 1.53 bits per heavy atom. The Hall–Kier alpha value is -1.14. The molecule has 0 radical (unpaired) electrons. The molecule has 0 saturated heterocycles. The predicted molar refractivity (Wildman–Crippen MR) is 53.1 cm³/mol. The Morgan fingerprint density at radius 2 is 2.07 bits per heavy atom. The Balaban J connectivity index is 0.000000336. The number of hydrogen-bond acceptors (Lipinski definition) is 2. The third kappa shape index (κ3) is 9.17. The summed E-state index contributed by atoms with van der Waals surface area (Å²) in [5, 5.41) is 2.69. The van der Waals surface area contributed by atoms with Crippen molar-refractivity contribution in [1.82, 2.24) is 10.3 Å². The Labute approximate surface area is 86.4 Å². The van der Waals surface area contributed by atoms with Crippen LogP contribution in [0.1, 0.15) is 17.3 Å². The lowest BCUT2D eigenvalue weighted by Crippen LogP contribution is -2.21. The molecule has 15 heavy (non-hydrogen) atoms. The van der Waals surface area contributed by atoms with Crippen molar-refractivity contribution in [3.63, 3.8) is 0 Å². The van der Waals surface area contributed by atoms with E-state index < -0.39 is 7.82 Å². The van der Waals surface area contributed by atoms with E-state index >= 15 is 0 Å². The molecule has 0 fully saturated rings. The van der Waals surface area contributed by atoms with E-state index in [9.17, 15) is 4.79 Å². The summed E-state index contributed by atoms with van der Waals surface area (Å²) in [5.41, 5.74) is 0.682. The zero-order valence-electron chi connectivity index (χ0n) is 8.04. The molecule has 8 heteroatoms. The van der Waals surface area contributed by atoms with Crippen molar-refractivity contribution in [2.24, 2.45) is 0 Å². The number of rotatable bonds is 2. The SMILES string of the molecule is CCNC(=O)c1cc[nH]c1.O=P(O)(O)O. The maximum atomic E-state index is 11.0. The van der Waals surface area contributed by atoms with Crippen LogP contribution in [-0.4, -0.2) is 32.1 Å². The first-order chi connectivity index (χ1) is 6.84. The molecular weight excluding hydrogens is 223 g/mol. The van der Waals surface area contributed by atoms with Crippen LogP contribution in [0.25, 0.3) is 0 Å². The van der Waals surface area contributed by atoms with Gasteiger partial charge in [0.15, 0.2) is 0 Å². The van der Waals surface area contributed by atoms with Crippen LogP contribution in [0.5, 0.6) is 0 Å². The zero-order chi connectivity index (χ0) is 11.9. The molecule has 86 valence electrons. The van der Waals surface area contributed by atoms with E-state index in [4.69, 9.17) is 19.2 Å². The minimum absolute atomic E-state index is 0.0243. The van der Waals surface area contributed by atoms with Gasteiger partial charge in [0.25, 0.3) is 5.91 Å². The molecule has 0 spiro atoms. The first kappa shape index (κ1) is 13.9. The molecule has 0 saturated carbocycles. The van der Waals surface area contributed by atoms with Crippen LogP contribution < -0.4 is 5.32 Å². The van der Waals surface area contributed by atoms with Crippen molar-refractivity contribution in [2.45, 2.75) is 6.92 Å². The highest BCUT2D eigenvalue weighted by Gasteiger charge is 2.01. The van der Waals surface area contributed by atoms with Gasteiger partial charge in [-0.25, -0.2) is 4.57 Å². The number of phosphoric acid groups is 1.